The Morgan fingerprint density at radius 3 is 2.67 bits per heavy atom. The highest BCUT2D eigenvalue weighted by Crippen LogP contribution is 1.90. The Balaban J connectivity index is 2.75. The van der Waals surface area contributed by atoms with Crippen LogP contribution in [0.2, 0.25) is 0 Å². The molecular weight excluding hydrogens is 126 g/mol. The molecule has 0 aromatic heterocycles. The minimum atomic E-state index is 0.0394. The van der Waals surface area contributed by atoms with Crippen LogP contribution in [0.5, 0.6) is 0 Å². The molecule has 0 unspecified atom stereocenters. The lowest BCUT2D eigenvalue weighted by molar-refractivity contribution is 0.133. The Hall–Kier alpha value is -1.30. The first-order chi connectivity index (χ1) is 4.38. The zero-order valence-electron chi connectivity index (χ0n) is 4.40. The quantitative estimate of drug-likeness (QED) is 0.295. The van der Waals surface area contributed by atoms with Crippen molar-refractivity contribution in [3.63, 3.8) is 0 Å². The minimum Gasteiger partial charge on any atom is -0.410 e. The van der Waals surface area contributed by atoms with Gasteiger partial charge in [-0.25, -0.2) is 5.48 Å². The summed E-state index contributed by atoms with van der Waals surface area (Å²) in [5.74, 6) is 0.0394. The highest BCUT2D eigenvalue weighted by atomic mass is 16.7. The average molecular weight is 131 g/mol. The molecule has 1 aliphatic heterocycles. The summed E-state index contributed by atoms with van der Waals surface area (Å²) in [6.07, 6.45) is 0. The first kappa shape index (κ1) is 5.83. The summed E-state index contributed by atoms with van der Waals surface area (Å²) in [6.45, 7) is 0.107. The fraction of sp³-hybridized carbons (Fsp3) is 0.333. The topological polar surface area (TPSA) is 86.4 Å². The third-order valence-corrected chi connectivity index (χ3v) is 0.872. The first-order valence-corrected chi connectivity index (χ1v) is 2.19. The second-order valence-corrected chi connectivity index (χ2v) is 1.39. The van der Waals surface area contributed by atoms with Crippen LogP contribution < -0.4 is 5.48 Å². The second-order valence-electron chi connectivity index (χ2n) is 1.39. The van der Waals surface area contributed by atoms with Gasteiger partial charge in [0.2, 0.25) is 5.84 Å². The summed E-state index contributed by atoms with van der Waals surface area (Å²) < 4.78 is 0. The number of oxime groups is 2. The zero-order valence-corrected chi connectivity index (χ0v) is 4.40. The van der Waals surface area contributed by atoms with Gasteiger partial charge in [0.05, 0.1) is 0 Å². The molecule has 0 aromatic carbocycles. The molecule has 1 fully saturated rings. The number of hydroxylamine groups is 1. The van der Waals surface area contributed by atoms with E-state index in [1.807, 2.05) is 0 Å². The standard InChI is InChI=1S/C3H5N3O3/c7-4-2-1-9-6-3(2)5-8/h7-8H,1H2,(H,5,6). The molecule has 0 bridgehead atoms. The van der Waals surface area contributed by atoms with Crippen LogP contribution >= 0.6 is 0 Å². The van der Waals surface area contributed by atoms with Gasteiger partial charge >= 0.3 is 0 Å². The van der Waals surface area contributed by atoms with Crippen molar-refractivity contribution in [1.29, 1.82) is 0 Å². The molecule has 50 valence electrons. The van der Waals surface area contributed by atoms with Gasteiger partial charge in [-0.1, -0.05) is 10.3 Å². The molecule has 9 heavy (non-hydrogen) atoms. The summed E-state index contributed by atoms with van der Waals surface area (Å²) in [7, 11) is 0. The monoisotopic (exact) mass is 131 g/mol. The van der Waals surface area contributed by atoms with Crippen LogP contribution in [0.25, 0.3) is 0 Å². The Morgan fingerprint density at radius 2 is 2.22 bits per heavy atom. The molecule has 1 rings (SSSR count). The molecule has 0 atom stereocenters. The molecule has 0 aromatic rings. The predicted octanol–water partition coefficient (Wildman–Crippen LogP) is -0.861. The van der Waals surface area contributed by atoms with E-state index in [4.69, 9.17) is 10.4 Å². The van der Waals surface area contributed by atoms with E-state index in [0.29, 0.717) is 0 Å². The van der Waals surface area contributed by atoms with Crippen molar-refractivity contribution in [2.45, 2.75) is 0 Å². The van der Waals surface area contributed by atoms with Crippen molar-refractivity contribution in [2.75, 3.05) is 6.61 Å². The fourth-order valence-corrected chi connectivity index (χ4v) is 0.454. The molecule has 6 nitrogen and oxygen atoms in total. The van der Waals surface area contributed by atoms with Crippen LogP contribution in [0.1, 0.15) is 0 Å². The predicted molar refractivity (Wildman–Crippen MR) is 27.5 cm³/mol. The van der Waals surface area contributed by atoms with Gasteiger partial charge in [-0.15, -0.1) is 0 Å². The number of nitrogens with one attached hydrogen (secondary N) is 1. The normalized spacial score (nSPS) is 27.1. The van der Waals surface area contributed by atoms with Gasteiger partial charge in [-0.3, -0.25) is 4.84 Å². The molecule has 1 saturated heterocycles. The minimum absolute atomic E-state index is 0.0394. The number of nitrogens with zero attached hydrogens (tertiary/aromatic N) is 2. The van der Waals surface area contributed by atoms with E-state index in [1.54, 1.807) is 0 Å². The molecule has 1 aliphatic rings. The van der Waals surface area contributed by atoms with Crippen molar-refractivity contribution >= 4 is 11.5 Å². The maximum absolute atomic E-state index is 8.14. The Labute approximate surface area is 50.4 Å². The molecule has 6 heteroatoms. The summed E-state index contributed by atoms with van der Waals surface area (Å²) >= 11 is 0. The number of hydrogen-bond donors (Lipinski definition) is 3. The molecule has 0 amide bonds. The van der Waals surface area contributed by atoms with Gasteiger partial charge in [0.25, 0.3) is 0 Å². The number of amidine groups is 1. The van der Waals surface area contributed by atoms with Gasteiger partial charge < -0.3 is 10.4 Å². The van der Waals surface area contributed by atoms with E-state index in [0.717, 1.165) is 0 Å². The number of rotatable bonds is 0. The Bertz CT molecular complexity index is 146. The Kier molecular flexibility index (Phi) is 1.50. The maximum Gasteiger partial charge on any atom is 0.216 e. The van der Waals surface area contributed by atoms with E-state index in [-0.39, 0.29) is 18.2 Å². The summed E-state index contributed by atoms with van der Waals surface area (Å²) in [4.78, 5) is 4.52. The van der Waals surface area contributed by atoms with Crippen LogP contribution in [0.4, 0.5) is 0 Å². The zero-order chi connectivity index (χ0) is 6.69. The van der Waals surface area contributed by atoms with Gasteiger partial charge in [0, 0.05) is 0 Å². The van der Waals surface area contributed by atoms with Crippen LogP contribution in [0.3, 0.4) is 0 Å². The average Bonchev–Trinajstić information content (AvgIpc) is 2.33. The summed E-state index contributed by atoms with van der Waals surface area (Å²) in [5, 5.41) is 21.8. The molecule has 3 N–H and O–H groups in total. The van der Waals surface area contributed by atoms with Gasteiger partial charge in [0.15, 0.2) is 5.71 Å². The SMILES string of the molecule is ON=C1CONC1=NO. The van der Waals surface area contributed by atoms with Crippen molar-refractivity contribution in [2.24, 2.45) is 10.3 Å². The third kappa shape index (κ3) is 0.918. The van der Waals surface area contributed by atoms with Crippen molar-refractivity contribution in [3.05, 3.63) is 0 Å². The van der Waals surface area contributed by atoms with Gasteiger partial charge in [-0.2, -0.15) is 0 Å². The van der Waals surface area contributed by atoms with E-state index in [2.05, 4.69) is 20.6 Å². The first-order valence-electron chi connectivity index (χ1n) is 2.19. The molecule has 1 heterocycles. The highest BCUT2D eigenvalue weighted by molar-refractivity contribution is 6.42. The second kappa shape index (κ2) is 2.31. The van der Waals surface area contributed by atoms with Gasteiger partial charge in [-0.05, 0) is 0 Å². The lowest BCUT2D eigenvalue weighted by Gasteiger charge is -1.87. The van der Waals surface area contributed by atoms with E-state index in [9.17, 15) is 0 Å². The largest absolute Gasteiger partial charge is 0.410 e. The smallest absolute Gasteiger partial charge is 0.216 e. The number of hydrogen-bond acceptors (Lipinski definition) is 5. The van der Waals surface area contributed by atoms with Crippen LogP contribution in [-0.2, 0) is 4.84 Å². The molecular formula is C3H5N3O3. The lowest BCUT2D eigenvalue weighted by atomic mass is 10.4. The summed E-state index contributed by atoms with van der Waals surface area (Å²) in [5.41, 5.74) is 2.39. The van der Waals surface area contributed by atoms with Crippen LogP contribution in [0, 0.1) is 0 Å². The van der Waals surface area contributed by atoms with Crippen molar-refractivity contribution in [1.82, 2.24) is 5.48 Å². The molecule has 0 radical (unpaired) electrons. The Morgan fingerprint density at radius 1 is 1.44 bits per heavy atom. The van der Waals surface area contributed by atoms with Crippen LogP contribution in [0.15, 0.2) is 10.3 Å². The fourth-order valence-electron chi connectivity index (χ4n) is 0.454. The maximum atomic E-state index is 8.14. The van der Waals surface area contributed by atoms with Crippen molar-refractivity contribution in [3.8, 4) is 0 Å². The highest BCUT2D eigenvalue weighted by Gasteiger charge is 2.17. The van der Waals surface area contributed by atoms with Crippen molar-refractivity contribution < 1.29 is 15.3 Å². The third-order valence-electron chi connectivity index (χ3n) is 0.872. The van der Waals surface area contributed by atoms with E-state index in [1.165, 1.54) is 0 Å². The van der Waals surface area contributed by atoms with E-state index < -0.39 is 0 Å². The molecule has 0 aliphatic carbocycles. The molecule has 0 spiro atoms. The van der Waals surface area contributed by atoms with E-state index >= 15 is 0 Å². The van der Waals surface area contributed by atoms with Crippen LogP contribution in [-0.4, -0.2) is 28.6 Å². The molecule has 0 saturated carbocycles. The lowest BCUT2D eigenvalue weighted by Crippen LogP contribution is -2.19. The summed E-state index contributed by atoms with van der Waals surface area (Å²) in [6, 6.07) is 0. The van der Waals surface area contributed by atoms with Gasteiger partial charge in [0.1, 0.15) is 6.61 Å².